The number of piperazine rings is 1. The molecule has 1 aromatic heterocycles. The third-order valence-electron chi connectivity index (χ3n) is 3.74. The second-order valence-electron chi connectivity index (χ2n) is 5.06. The lowest BCUT2D eigenvalue weighted by Crippen LogP contribution is -2.47. The highest BCUT2D eigenvalue weighted by molar-refractivity contribution is 6.33. The molecule has 1 aromatic rings. The van der Waals surface area contributed by atoms with E-state index in [0.717, 1.165) is 43.6 Å². The quantitative estimate of drug-likeness (QED) is 0.901. The van der Waals surface area contributed by atoms with Crippen molar-refractivity contribution in [3.8, 4) is 0 Å². The maximum absolute atomic E-state index is 9.05. The van der Waals surface area contributed by atoms with Crippen molar-refractivity contribution in [2.45, 2.75) is 25.5 Å². The molecule has 0 radical (unpaired) electrons. The van der Waals surface area contributed by atoms with Crippen LogP contribution in [0.3, 0.4) is 0 Å². The SMILES string of the molecule is OCc1cnc(N2CCN(C3CC3)CC2)c(Cl)c1. The van der Waals surface area contributed by atoms with Crippen molar-refractivity contribution >= 4 is 17.4 Å². The standard InChI is InChI=1S/C13H18ClN3O/c14-12-7-10(9-18)8-15-13(12)17-5-3-16(4-6-17)11-1-2-11/h7-8,11,18H,1-6,9H2. The third-order valence-corrected chi connectivity index (χ3v) is 4.02. The molecule has 0 aromatic carbocycles. The summed E-state index contributed by atoms with van der Waals surface area (Å²) in [5.41, 5.74) is 0.764. The molecule has 98 valence electrons. The molecule has 0 amide bonds. The van der Waals surface area contributed by atoms with Gasteiger partial charge in [0, 0.05) is 38.4 Å². The molecule has 2 heterocycles. The van der Waals surface area contributed by atoms with Crippen LogP contribution in [0, 0.1) is 0 Å². The van der Waals surface area contributed by atoms with Gasteiger partial charge >= 0.3 is 0 Å². The molecule has 18 heavy (non-hydrogen) atoms. The summed E-state index contributed by atoms with van der Waals surface area (Å²) in [7, 11) is 0. The summed E-state index contributed by atoms with van der Waals surface area (Å²) in [4.78, 5) is 9.17. The normalized spacial score (nSPS) is 21.3. The zero-order valence-electron chi connectivity index (χ0n) is 10.3. The van der Waals surface area contributed by atoms with Gasteiger partial charge in [-0.2, -0.15) is 0 Å². The van der Waals surface area contributed by atoms with Gasteiger partial charge in [-0.25, -0.2) is 4.98 Å². The Morgan fingerprint density at radius 3 is 2.56 bits per heavy atom. The van der Waals surface area contributed by atoms with Crippen LogP contribution in [0.25, 0.3) is 0 Å². The lowest BCUT2D eigenvalue weighted by Gasteiger charge is -2.35. The van der Waals surface area contributed by atoms with Crippen molar-refractivity contribution in [3.63, 3.8) is 0 Å². The third kappa shape index (κ3) is 2.46. The van der Waals surface area contributed by atoms with Crippen LogP contribution in [0.4, 0.5) is 5.82 Å². The Labute approximate surface area is 112 Å². The molecule has 1 N–H and O–H groups in total. The molecule has 1 aliphatic carbocycles. The van der Waals surface area contributed by atoms with Crippen molar-refractivity contribution < 1.29 is 5.11 Å². The van der Waals surface area contributed by atoms with Crippen molar-refractivity contribution in [2.24, 2.45) is 0 Å². The summed E-state index contributed by atoms with van der Waals surface area (Å²) in [6.07, 6.45) is 4.43. The molecule has 2 aliphatic rings. The Morgan fingerprint density at radius 2 is 2.00 bits per heavy atom. The molecule has 3 rings (SSSR count). The van der Waals surface area contributed by atoms with Gasteiger partial charge in [0.05, 0.1) is 11.6 Å². The molecular weight excluding hydrogens is 250 g/mol. The van der Waals surface area contributed by atoms with Gasteiger partial charge in [0.1, 0.15) is 5.82 Å². The second-order valence-corrected chi connectivity index (χ2v) is 5.47. The van der Waals surface area contributed by atoms with Gasteiger partial charge < -0.3 is 10.0 Å². The zero-order valence-corrected chi connectivity index (χ0v) is 11.1. The Bertz CT molecular complexity index is 428. The van der Waals surface area contributed by atoms with Gasteiger partial charge in [-0.1, -0.05) is 11.6 Å². The smallest absolute Gasteiger partial charge is 0.147 e. The van der Waals surface area contributed by atoms with Gasteiger partial charge in [0.2, 0.25) is 0 Å². The number of nitrogens with zero attached hydrogens (tertiary/aromatic N) is 3. The molecule has 4 nitrogen and oxygen atoms in total. The number of pyridine rings is 1. The Balaban J connectivity index is 1.68. The van der Waals surface area contributed by atoms with Crippen LogP contribution >= 0.6 is 11.6 Å². The van der Waals surface area contributed by atoms with Crippen LogP contribution < -0.4 is 4.90 Å². The van der Waals surface area contributed by atoms with Crippen LogP contribution in [0.5, 0.6) is 0 Å². The fourth-order valence-corrected chi connectivity index (χ4v) is 2.84. The average molecular weight is 268 g/mol. The number of aliphatic hydroxyl groups excluding tert-OH is 1. The van der Waals surface area contributed by atoms with Gasteiger partial charge in [0.15, 0.2) is 0 Å². The molecule has 1 saturated heterocycles. The van der Waals surface area contributed by atoms with E-state index in [-0.39, 0.29) is 6.61 Å². The molecule has 5 heteroatoms. The second kappa shape index (κ2) is 5.03. The van der Waals surface area contributed by atoms with E-state index in [4.69, 9.17) is 16.7 Å². The number of hydrogen-bond acceptors (Lipinski definition) is 4. The molecule has 1 saturated carbocycles. The van der Waals surface area contributed by atoms with E-state index in [1.807, 2.05) is 0 Å². The van der Waals surface area contributed by atoms with Crippen LogP contribution in [0.15, 0.2) is 12.3 Å². The number of anilines is 1. The van der Waals surface area contributed by atoms with Crippen LogP contribution in [0.1, 0.15) is 18.4 Å². The average Bonchev–Trinajstić information content (AvgIpc) is 3.23. The van der Waals surface area contributed by atoms with Crippen molar-refractivity contribution in [1.29, 1.82) is 0 Å². The maximum Gasteiger partial charge on any atom is 0.147 e. The van der Waals surface area contributed by atoms with Crippen LogP contribution in [0.2, 0.25) is 5.02 Å². The number of aliphatic hydroxyl groups is 1. The first kappa shape index (κ1) is 12.2. The van der Waals surface area contributed by atoms with E-state index < -0.39 is 0 Å². The number of halogens is 1. The van der Waals surface area contributed by atoms with E-state index in [1.54, 1.807) is 12.3 Å². The molecule has 0 bridgehead atoms. The Hall–Kier alpha value is -0.840. The van der Waals surface area contributed by atoms with Crippen LogP contribution in [-0.4, -0.2) is 47.2 Å². The van der Waals surface area contributed by atoms with Crippen LogP contribution in [-0.2, 0) is 6.61 Å². The summed E-state index contributed by atoms with van der Waals surface area (Å²) in [6.45, 7) is 4.17. The molecule has 1 aliphatic heterocycles. The monoisotopic (exact) mass is 267 g/mol. The number of hydrogen-bond donors (Lipinski definition) is 1. The van der Waals surface area contributed by atoms with E-state index in [0.29, 0.717) is 5.02 Å². The highest BCUT2D eigenvalue weighted by Crippen LogP contribution is 2.30. The predicted molar refractivity (Wildman–Crippen MR) is 72.0 cm³/mol. The fourth-order valence-electron chi connectivity index (χ4n) is 2.53. The summed E-state index contributed by atoms with van der Waals surface area (Å²) in [5.74, 6) is 0.851. The van der Waals surface area contributed by atoms with Gasteiger partial charge in [-0.05, 0) is 24.5 Å². The topological polar surface area (TPSA) is 39.6 Å². The molecular formula is C13H18ClN3O. The first-order valence-corrected chi connectivity index (χ1v) is 6.90. The van der Waals surface area contributed by atoms with Crippen molar-refractivity contribution in [3.05, 3.63) is 22.8 Å². The van der Waals surface area contributed by atoms with Gasteiger partial charge in [0.25, 0.3) is 0 Å². The van der Waals surface area contributed by atoms with Crippen molar-refractivity contribution in [1.82, 2.24) is 9.88 Å². The first-order valence-electron chi connectivity index (χ1n) is 6.52. The minimum Gasteiger partial charge on any atom is -0.392 e. The van der Waals surface area contributed by atoms with E-state index in [2.05, 4.69) is 14.8 Å². The number of aromatic nitrogens is 1. The Morgan fingerprint density at radius 1 is 1.28 bits per heavy atom. The van der Waals surface area contributed by atoms with Gasteiger partial charge in [-0.3, -0.25) is 4.90 Å². The minimum atomic E-state index is -0.0115. The summed E-state index contributed by atoms with van der Waals surface area (Å²) >= 11 is 6.22. The van der Waals surface area contributed by atoms with Gasteiger partial charge in [-0.15, -0.1) is 0 Å². The lowest BCUT2D eigenvalue weighted by molar-refractivity contribution is 0.247. The minimum absolute atomic E-state index is 0.0115. The zero-order chi connectivity index (χ0) is 12.5. The summed E-state index contributed by atoms with van der Waals surface area (Å²) < 4.78 is 0. The number of rotatable bonds is 3. The lowest BCUT2D eigenvalue weighted by atomic mass is 10.2. The summed E-state index contributed by atoms with van der Waals surface area (Å²) in [6, 6.07) is 2.64. The maximum atomic E-state index is 9.05. The van der Waals surface area contributed by atoms with E-state index in [1.165, 1.54) is 12.8 Å². The molecule has 2 fully saturated rings. The van der Waals surface area contributed by atoms with E-state index >= 15 is 0 Å². The largest absolute Gasteiger partial charge is 0.392 e. The molecule has 0 atom stereocenters. The Kier molecular flexibility index (Phi) is 3.41. The molecule has 0 spiro atoms. The first-order chi connectivity index (χ1) is 8.78. The fraction of sp³-hybridized carbons (Fsp3) is 0.615. The summed E-state index contributed by atoms with van der Waals surface area (Å²) in [5, 5.41) is 9.69. The van der Waals surface area contributed by atoms with Crippen molar-refractivity contribution in [2.75, 3.05) is 31.1 Å². The van der Waals surface area contributed by atoms with E-state index in [9.17, 15) is 0 Å². The highest BCUT2D eigenvalue weighted by Gasteiger charge is 2.31. The highest BCUT2D eigenvalue weighted by atomic mass is 35.5. The predicted octanol–water partition coefficient (Wildman–Crippen LogP) is 1.51. The molecule has 0 unspecified atom stereocenters.